The molecule has 0 bridgehead atoms. The summed E-state index contributed by atoms with van der Waals surface area (Å²) < 4.78 is 33.2. The van der Waals surface area contributed by atoms with Crippen LogP contribution < -0.4 is 4.72 Å². The third kappa shape index (κ3) is 2.12. The highest BCUT2D eigenvalue weighted by molar-refractivity contribution is 7.92. The molecule has 0 radical (unpaired) electrons. The number of imidazole rings is 1. The Balaban J connectivity index is 2.11. The molecule has 9 heteroatoms. The standard InChI is InChI=1S/C11H9ClN4O3S/c1-7-6-9(19-14-7)15-20(17,18)11-10(12)13-8-4-2-3-5-16(8)11/h2-6,15H,1H3. The summed E-state index contributed by atoms with van der Waals surface area (Å²) in [5.41, 5.74) is 0.999. The molecule has 0 aliphatic heterocycles. The van der Waals surface area contributed by atoms with Gasteiger partial charge < -0.3 is 4.52 Å². The number of fused-ring (bicyclic) bond motifs is 1. The molecule has 0 atom stereocenters. The minimum Gasteiger partial charge on any atom is -0.338 e. The monoisotopic (exact) mass is 312 g/mol. The van der Waals surface area contributed by atoms with Crippen LogP contribution in [0.5, 0.6) is 0 Å². The first kappa shape index (κ1) is 12.9. The van der Waals surface area contributed by atoms with Crippen molar-refractivity contribution in [3.63, 3.8) is 0 Å². The minimum atomic E-state index is -3.93. The highest BCUT2D eigenvalue weighted by Crippen LogP contribution is 2.24. The van der Waals surface area contributed by atoms with E-state index < -0.39 is 10.0 Å². The lowest BCUT2D eigenvalue weighted by molar-refractivity contribution is 0.430. The molecule has 0 amide bonds. The molecule has 0 aromatic carbocycles. The molecule has 1 N–H and O–H groups in total. The predicted octanol–water partition coefficient (Wildman–Crippen LogP) is 2.08. The average molecular weight is 313 g/mol. The van der Waals surface area contributed by atoms with Gasteiger partial charge >= 0.3 is 0 Å². The third-order valence-electron chi connectivity index (χ3n) is 2.56. The number of nitrogens with zero attached hydrogens (tertiary/aromatic N) is 3. The molecule has 0 saturated carbocycles. The van der Waals surface area contributed by atoms with Crippen molar-refractivity contribution < 1.29 is 12.9 Å². The van der Waals surface area contributed by atoms with Gasteiger partial charge in [-0.15, -0.1) is 0 Å². The van der Waals surface area contributed by atoms with E-state index in [4.69, 9.17) is 16.1 Å². The van der Waals surface area contributed by atoms with Gasteiger partial charge in [0.15, 0.2) is 10.2 Å². The van der Waals surface area contributed by atoms with E-state index in [1.165, 1.54) is 10.5 Å². The molecule has 20 heavy (non-hydrogen) atoms. The number of anilines is 1. The summed E-state index contributed by atoms with van der Waals surface area (Å²) in [6.45, 7) is 1.68. The number of nitrogens with one attached hydrogen (secondary N) is 1. The zero-order valence-corrected chi connectivity index (χ0v) is 11.8. The van der Waals surface area contributed by atoms with Crippen molar-refractivity contribution in [3.05, 3.63) is 41.3 Å². The lowest BCUT2D eigenvalue weighted by Crippen LogP contribution is -2.15. The number of rotatable bonds is 3. The summed E-state index contributed by atoms with van der Waals surface area (Å²) in [7, 11) is -3.93. The van der Waals surface area contributed by atoms with Gasteiger partial charge in [-0.1, -0.05) is 22.8 Å². The quantitative estimate of drug-likeness (QED) is 0.799. The van der Waals surface area contributed by atoms with Crippen LogP contribution in [0, 0.1) is 6.92 Å². The van der Waals surface area contributed by atoms with E-state index >= 15 is 0 Å². The van der Waals surface area contributed by atoms with Crippen LogP contribution in [0.1, 0.15) is 5.69 Å². The number of aryl methyl sites for hydroxylation is 1. The second-order valence-corrected chi connectivity index (χ2v) is 6.03. The van der Waals surface area contributed by atoms with Crippen LogP contribution in [0.15, 0.2) is 40.0 Å². The summed E-state index contributed by atoms with van der Waals surface area (Å²) in [6.07, 6.45) is 1.56. The van der Waals surface area contributed by atoms with Gasteiger partial charge in [0, 0.05) is 12.3 Å². The number of aromatic nitrogens is 3. The second kappa shape index (κ2) is 4.50. The maximum Gasteiger partial charge on any atom is 0.283 e. The minimum absolute atomic E-state index is 0.0180. The Bertz CT molecular complexity index is 884. The van der Waals surface area contributed by atoms with Crippen LogP contribution in [0.3, 0.4) is 0 Å². The van der Waals surface area contributed by atoms with Crippen molar-refractivity contribution in [1.29, 1.82) is 0 Å². The number of hydrogen-bond donors (Lipinski definition) is 1. The van der Waals surface area contributed by atoms with Crippen LogP contribution in [0.2, 0.25) is 5.15 Å². The first-order valence-electron chi connectivity index (χ1n) is 5.56. The predicted molar refractivity (Wildman–Crippen MR) is 72.3 cm³/mol. The summed E-state index contributed by atoms with van der Waals surface area (Å²) in [4.78, 5) is 3.99. The average Bonchev–Trinajstić information content (AvgIpc) is 2.91. The fourth-order valence-electron chi connectivity index (χ4n) is 1.78. The Hall–Kier alpha value is -2.06. The molecule has 0 unspecified atom stereocenters. The fraction of sp³-hybridized carbons (Fsp3) is 0.0909. The van der Waals surface area contributed by atoms with Crippen molar-refractivity contribution >= 4 is 33.2 Å². The van der Waals surface area contributed by atoms with Crippen LogP contribution in [-0.2, 0) is 10.0 Å². The Morgan fingerprint density at radius 2 is 2.20 bits per heavy atom. The molecular weight excluding hydrogens is 304 g/mol. The van der Waals surface area contributed by atoms with E-state index in [0.29, 0.717) is 11.3 Å². The Labute approximate surface area is 119 Å². The maximum absolute atomic E-state index is 12.4. The second-order valence-electron chi connectivity index (χ2n) is 4.07. The van der Waals surface area contributed by atoms with Crippen LogP contribution >= 0.6 is 11.6 Å². The molecule has 0 spiro atoms. The van der Waals surface area contributed by atoms with Crippen LogP contribution in [0.25, 0.3) is 5.65 Å². The van der Waals surface area contributed by atoms with E-state index in [2.05, 4.69) is 14.9 Å². The van der Waals surface area contributed by atoms with Crippen LogP contribution in [0.4, 0.5) is 5.88 Å². The lowest BCUT2D eigenvalue weighted by atomic mass is 10.5. The van der Waals surface area contributed by atoms with Gasteiger partial charge in [0.25, 0.3) is 10.0 Å². The van der Waals surface area contributed by atoms with Crippen molar-refractivity contribution in [1.82, 2.24) is 14.5 Å². The Morgan fingerprint density at radius 3 is 2.90 bits per heavy atom. The lowest BCUT2D eigenvalue weighted by Gasteiger charge is -2.04. The molecule has 3 aromatic heterocycles. The molecule has 3 heterocycles. The summed E-state index contributed by atoms with van der Waals surface area (Å²) >= 11 is 5.93. The number of sulfonamides is 1. The molecule has 3 rings (SSSR count). The van der Waals surface area contributed by atoms with Crippen molar-refractivity contribution in [3.8, 4) is 0 Å². The highest BCUT2D eigenvalue weighted by atomic mass is 35.5. The topological polar surface area (TPSA) is 89.5 Å². The summed E-state index contributed by atoms with van der Waals surface area (Å²) in [5.74, 6) is 0.0180. The van der Waals surface area contributed by atoms with Gasteiger partial charge in [0.1, 0.15) is 5.65 Å². The molecule has 0 fully saturated rings. The van der Waals surface area contributed by atoms with E-state index in [0.717, 1.165) is 0 Å². The van der Waals surface area contributed by atoms with Gasteiger partial charge in [-0.3, -0.25) is 4.40 Å². The largest absolute Gasteiger partial charge is 0.338 e. The molecule has 0 aliphatic carbocycles. The molecule has 0 aliphatic rings. The normalized spacial score (nSPS) is 11.9. The van der Waals surface area contributed by atoms with E-state index in [1.807, 2.05) is 0 Å². The Kier molecular flexibility index (Phi) is 2.91. The molecule has 3 aromatic rings. The van der Waals surface area contributed by atoms with Crippen molar-refractivity contribution in [2.75, 3.05) is 4.72 Å². The van der Waals surface area contributed by atoms with Gasteiger partial charge in [-0.25, -0.2) is 9.71 Å². The van der Waals surface area contributed by atoms with Gasteiger partial charge in [0.2, 0.25) is 5.88 Å². The zero-order chi connectivity index (χ0) is 14.3. The van der Waals surface area contributed by atoms with Crippen LogP contribution in [-0.4, -0.2) is 23.0 Å². The molecule has 0 saturated heterocycles. The fourth-order valence-corrected chi connectivity index (χ4v) is 3.40. The SMILES string of the molecule is Cc1cc(NS(=O)(=O)c2c(Cl)nc3ccccn23)on1. The summed E-state index contributed by atoms with van der Waals surface area (Å²) in [6, 6.07) is 6.54. The molecular formula is C11H9ClN4O3S. The van der Waals surface area contributed by atoms with E-state index in [9.17, 15) is 8.42 Å². The number of hydrogen-bond acceptors (Lipinski definition) is 5. The van der Waals surface area contributed by atoms with Gasteiger partial charge in [-0.05, 0) is 19.1 Å². The van der Waals surface area contributed by atoms with Gasteiger partial charge in [0.05, 0.1) is 5.69 Å². The van der Waals surface area contributed by atoms with Crippen molar-refractivity contribution in [2.24, 2.45) is 0 Å². The highest BCUT2D eigenvalue weighted by Gasteiger charge is 2.25. The third-order valence-corrected chi connectivity index (χ3v) is 4.31. The summed E-state index contributed by atoms with van der Waals surface area (Å²) in [5, 5.41) is 3.35. The van der Waals surface area contributed by atoms with E-state index in [-0.39, 0.29) is 16.1 Å². The maximum atomic E-state index is 12.4. The number of halogens is 1. The first-order valence-corrected chi connectivity index (χ1v) is 7.42. The van der Waals surface area contributed by atoms with Gasteiger partial charge in [-0.2, -0.15) is 8.42 Å². The first-order chi connectivity index (χ1) is 9.47. The van der Waals surface area contributed by atoms with E-state index in [1.54, 1.807) is 31.3 Å². The number of pyridine rings is 1. The molecule has 7 nitrogen and oxygen atoms in total. The zero-order valence-electron chi connectivity index (χ0n) is 10.2. The van der Waals surface area contributed by atoms with Crippen molar-refractivity contribution in [2.45, 2.75) is 11.9 Å². The Morgan fingerprint density at radius 1 is 1.40 bits per heavy atom. The molecule has 104 valence electrons. The smallest absolute Gasteiger partial charge is 0.283 e.